The highest BCUT2D eigenvalue weighted by molar-refractivity contribution is 6.03. The molecule has 3 aromatic rings. The Labute approximate surface area is 149 Å². The van der Waals surface area contributed by atoms with Gasteiger partial charge in [0, 0.05) is 30.1 Å². The highest BCUT2D eigenvalue weighted by atomic mass is 19.1. The zero-order valence-corrected chi connectivity index (χ0v) is 14.6. The number of halogens is 3. The van der Waals surface area contributed by atoms with Crippen LogP contribution in [0, 0.1) is 29.8 Å². The minimum atomic E-state index is -1.02. The van der Waals surface area contributed by atoms with Gasteiger partial charge in [0.05, 0.1) is 22.7 Å². The molecule has 0 amide bonds. The normalized spacial score (nSPS) is 11.3. The van der Waals surface area contributed by atoms with E-state index in [0.717, 1.165) is 19.3 Å². The minimum absolute atomic E-state index is 0.159. The molecule has 1 N–H and O–H groups in total. The lowest BCUT2D eigenvalue weighted by molar-refractivity contribution is 0.547. The Bertz CT molecular complexity index is 955. The number of hydrogen-bond acceptors (Lipinski definition) is 3. The van der Waals surface area contributed by atoms with Crippen molar-refractivity contribution < 1.29 is 13.2 Å². The summed E-state index contributed by atoms with van der Waals surface area (Å²) in [7, 11) is 0. The Morgan fingerprint density at radius 2 is 1.81 bits per heavy atom. The monoisotopic (exact) mass is 360 g/mol. The third-order valence-electron chi connectivity index (χ3n) is 4.30. The molecular weight excluding hydrogens is 341 g/mol. The molecule has 4 nitrogen and oxygen atoms in total. The third-order valence-corrected chi connectivity index (χ3v) is 4.30. The number of rotatable bonds is 6. The smallest absolute Gasteiger partial charge is 0.234 e. The minimum Gasteiger partial charge on any atom is -0.303 e. The first-order chi connectivity index (χ1) is 12.4. The summed E-state index contributed by atoms with van der Waals surface area (Å²) >= 11 is 0. The second-order valence-corrected chi connectivity index (χ2v) is 6.20. The van der Waals surface area contributed by atoms with Gasteiger partial charge in [0.15, 0.2) is 0 Å². The first kappa shape index (κ1) is 18.1. The summed E-state index contributed by atoms with van der Waals surface area (Å²) < 4.78 is 43.8. The van der Waals surface area contributed by atoms with E-state index in [1.54, 1.807) is 17.5 Å². The van der Waals surface area contributed by atoms with Crippen molar-refractivity contribution in [1.29, 1.82) is 5.41 Å². The largest absolute Gasteiger partial charge is 0.303 e. The zero-order chi connectivity index (χ0) is 18.8. The molecule has 0 aliphatic rings. The Hall–Kier alpha value is -2.70. The summed E-state index contributed by atoms with van der Waals surface area (Å²) in [6, 6.07) is 1.28. The fourth-order valence-electron chi connectivity index (χ4n) is 3.10. The van der Waals surface area contributed by atoms with Crippen molar-refractivity contribution in [2.45, 2.75) is 39.5 Å². The first-order valence-electron chi connectivity index (χ1n) is 8.50. The lowest BCUT2D eigenvalue weighted by atomic mass is 9.96. The van der Waals surface area contributed by atoms with Crippen LogP contribution < -0.4 is 0 Å². The van der Waals surface area contributed by atoms with Crippen LogP contribution in [0.25, 0.3) is 16.9 Å². The van der Waals surface area contributed by atoms with Crippen LogP contribution in [0.15, 0.2) is 24.5 Å². The predicted molar refractivity (Wildman–Crippen MR) is 94.0 cm³/mol. The number of benzene rings is 1. The number of imidazole rings is 1. The van der Waals surface area contributed by atoms with Crippen LogP contribution in [0.1, 0.15) is 44.0 Å². The van der Waals surface area contributed by atoms with Crippen molar-refractivity contribution >= 4 is 11.5 Å². The molecule has 0 spiro atoms. The van der Waals surface area contributed by atoms with Gasteiger partial charge < -0.3 is 5.41 Å². The van der Waals surface area contributed by atoms with Gasteiger partial charge in [0.25, 0.3) is 0 Å². The summed E-state index contributed by atoms with van der Waals surface area (Å²) in [4.78, 5) is 8.40. The van der Waals surface area contributed by atoms with Gasteiger partial charge in [-0.2, -0.15) is 0 Å². The number of fused-ring (bicyclic) bond motifs is 1. The molecule has 3 rings (SSSR count). The molecule has 0 aliphatic heterocycles. The quantitative estimate of drug-likeness (QED) is 0.493. The van der Waals surface area contributed by atoms with Gasteiger partial charge in [0.2, 0.25) is 5.78 Å². The first-order valence-corrected chi connectivity index (χ1v) is 8.50. The van der Waals surface area contributed by atoms with Crippen LogP contribution in [0.2, 0.25) is 0 Å². The molecule has 0 bridgehead atoms. The number of hydrogen-bond donors (Lipinski definition) is 1. The van der Waals surface area contributed by atoms with E-state index in [1.807, 2.05) is 0 Å². The fourth-order valence-corrected chi connectivity index (χ4v) is 3.10. The molecular formula is C19H19F3N4. The lowest BCUT2D eigenvalue weighted by Crippen LogP contribution is -2.13. The molecule has 0 saturated carbocycles. The topological polar surface area (TPSA) is 54.0 Å². The average molecular weight is 360 g/mol. The summed E-state index contributed by atoms with van der Waals surface area (Å²) in [5.74, 6) is -2.67. The highest BCUT2D eigenvalue weighted by Crippen LogP contribution is 2.33. The molecule has 2 heterocycles. The number of aromatic nitrogens is 3. The maximum absolute atomic E-state index is 14.4. The maximum atomic E-state index is 14.4. The van der Waals surface area contributed by atoms with E-state index < -0.39 is 17.5 Å². The van der Waals surface area contributed by atoms with Gasteiger partial charge in [-0.3, -0.25) is 4.40 Å². The van der Waals surface area contributed by atoms with E-state index in [1.165, 1.54) is 6.20 Å². The van der Waals surface area contributed by atoms with E-state index in [4.69, 9.17) is 5.41 Å². The average Bonchev–Trinajstić information content (AvgIpc) is 3.02. The third kappa shape index (κ3) is 3.21. The van der Waals surface area contributed by atoms with E-state index in [9.17, 15) is 13.2 Å². The second-order valence-electron chi connectivity index (χ2n) is 6.20. The predicted octanol–water partition coefficient (Wildman–Crippen LogP) is 5.07. The van der Waals surface area contributed by atoms with E-state index in [0.29, 0.717) is 35.7 Å². The Morgan fingerprint density at radius 3 is 2.46 bits per heavy atom. The van der Waals surface area contributed by atoms with Crippen LogP contribution in [-0.2, 0) is 0 Å². The van der Waals surface area contributed by atoms with Gasteiger partial charge in [-0.1, -0.05) is 19.8 Å². The SMILES string of the molecule is CCCCCC(=N)c1c(-c2c(F)cc(F)cc2F)c(C)nc2nccn12. The summed E-state index contributed by atoms with van der Waals surface area (Å²) in [6.45, 7) is 3.66. The molecule has 7 heteroatoms. The van der Waals surface area contributed by atoms with Crippen molar-refractivity contribution in [2.24, 2.45) is 0 Å². The summed E-state index contributed by atoms with van der Waals surface area (Å²) in [5, 5.41) is 8.50. The van der Waals surface area contributed by atoms with E-state index >= 15 is 0 Å². The summed E-state index contributed by atoms with van der Waals surface area (Å²) in [6.07, 6.45) is 6.33. The molecule has 26 heavy (non-hydrogen) atoms. The van der Waals surface area contributed by atoms with Crippen LogP contribution in [0.4, 0.5) is 13.2 Å². The molecule has 136 valence electrons. The van der Waals surface area contributed by atoms with Crippen LogP contribution in [0.3, 0.4) is 0 Å². The zero-order valence-electron chi connectivity index (χ0n) is 14.6. The molecule has 0 saturated heterocycles. The van der Waals surface area contributed by atoms with Gasteiger partial charge in [-0.05, 0) is 19.8 Å². The van der Waals surface area contributed by atoms with Gasteiger partial charge in [0.1, 0.15) is 17.5 Å². The van der Waals surface area contributed by atoms with Crippen LogP contribution in [0.5, 0.6) is 0 Å². The lowest BCUT2D eigenvalue weighted by Gasteiger charge is -2.17. The number of nitrogens with zero attached hydrogens (tertiary/aromatic N) is 3. The number of nitrogens with one attached hydrogen (secondary N) is 1. The van der Waals surface area contributed by atoms with Crippen LogP contribution >= 0.6 is 0 Å². The van der Waals surface area contributed by atoms with Crippen molar-refractivity contribution in [3.05, 3.63) is 53.4 Å². The van der Waals surface area contributed by atoms with Gasteiger partial charge >= 0.3 is 0 Å². The van der Waals surface area contributed by atoms with Gasteiger partial charge in [-0.15, -0.1) is 0 Å². The number of aryl methyl sites for hydroxylation is 1. The van der Waals surface area contributed by atoms with Crippen LogP contribution in [-0.4, -0.2) is 20.1 Å². The van der Waals surface area contributed by atoms with Crippen molar-refractivity contribution in [1.82, 2.24) is 14.4 Å². The van der Waals surface area contributed by atoms with E-state index in [-0.39, 0.29) is 16.8 Å². The molecule has 1 aromatic carbocycles. The van der Waals surface area contributed by atoms with E-state index in [2.05, 4.69) is 16.9 Å². The van der Waals surface area contributed by atoms with Gasteiger partial charge in [-0.25, -0.2) is 23.1 Å². The van der Waals surface area contributed by atoms with Crippen molar-refractivity contribution in [3.63, 3.8) is 0 Å². The maximum Gasteiger partial charge on any atom is 0.234 e. The second kappa shape index (κ2) is 7.27. The fraction of sp³-hybridized carbons (Fsp3) is 0.316. The number of unbranched alkanes of at least 4 members (excludes halogenated alkanes) is 2. The summed E-state index contributed by atoms with van der Waals surface area (Å²) in [5.41, 5.74) is 0.702. The molecule has 0 radical (unpaired) electrons. The van der Waals surface area contributed by atoms with Crippen molar-refractivity contribution in [2.75, 3.05) is 0 Å². The standard InChI is InChI=1S/C19H19F3N4/c1-3-4-5-6-15(23)18-16(11(2)25-19-24-7-8-26(18)19)17-13(21)9-12(20)10-14(17)22/h7-10,23H,3-6H2,1-2H3. The van der Waals surface area contributed by atoms with Crippen molar-refractivity contribution in [3.8, 4) is 11.1 Å². The molecule has 0 unspecified atom stereocenters. The Morgan fingerprint density at radius 1 is 1.12 bits per heavy atom. The molecule has 0 aliphatic carbocycles. The molecule has 2 aromatic heterocycles. The highest BCUT2D eigenvalue weighted by Gasteiger charge is 2.24. The molecule has 0 fully saturated rings. The Kier molecular flexibility index (Phi) is 5.06. The molecule has 0 atom stereocenters. The Balaban J connectivity index is 2.27.